The summed E-state index contributed by atoms with van der Waals surface area (Å²) in [6.45, 7) is 3.95. The minimum absolute atomic E-state index is 0.0709. The van der Waals surface area contributed by atoms with Gasteiger partial charge in [-0.05, 0) is 49.2 Å². The number of methoxy groups -OCH3 is 1. The van der Waals surface area contributed by atoms with Gasteiger partial charge in [-0.25, -0.2) is 0 Å². The van der Waals surface area contributed by atoms with Crippen LogP contribution in [0.4, 0.5) is 5.69 Å². The van der Waals surface area contributed by atoms with Gasteiger partial charge in [0.05, 0.1) is 18.5 Å². The first-order chi connectivity index (χ1) is 13.4. The molecule has 4 N–H and O–H groups in total. The minimum Gasteiger partial charge on any atom is -0.496 e. The van der Waals surface area contributed by atoms with Crippen molar-refractivity contribution in [2.24, 2.45) is 5.73 Å². The fourth-order valence-corrected chi connectivity index (χ4v) is 3.34. The lowest BCUT2D eigenvalue weighted by molar-refractivity contribution is -0.118. The first kappa shape index (κ1) is 19.4. The lowest BCUT2D eigenvalue weighted by atomic mass is 9.97. The summed E-state index contributed by atoms with van der Waals surface area (Å²) in [5, 5.41) is 13.6. The van der Waals surface area contributed by atoms with E-state index in [2.05, 4.69) is 16.6 Å². The molecule has 0 bridgehead atoms. The summed E-state index contributed by atoms with van der Waals surface area (Å²) in [7, 11) is 1.63. The van der Waals surface area contributed by atoms with Gasteiger partial charge in [-0.1, -0.05) is 18.2 Å². The quantitative estimate of drug-likeness (QED) is 0.547. The topological polar surface area (TPSA) is 102 Å². The van der Waals surface area contributed by atoms with E-state index in [1.54, 1.807) is 17.9 Å². The van der Waals surface area contributed by atoms with Gasteiger partial charge in [0.2, 0.25) is 5.91 Å². The summed E-state index contributed by atoms with van der Waals surface area (Å²) < 4.78 is 7.17. The van der Waals surface area contributed by atoms with E-state index in [0.717, 1.165) is 39.4 Å². The average Bonchev–Trinajstić information content (AvgIpc) is 2.94. The lowest BCUT2D eigenvalue weighted by Gasteiger charge is -2.12. The van der Waals surface area contributed by atoms with Crippen LogP contribution in [0.25, 0.3) is 11.1 Å². The predicted octanol–water partition coefficient (Wildman–Crippen LogP) is 3.05. The summed E-state index contributed by atoms with van der Waals surface area (Å²) in [4.78, 5) is 11.2. The van der Waals surface area contributed by atoms with Gasteiger partial charge in [0.1, 0.15) is 12.3 Å². The van der Waals surface area contributed by atoms with Crippen LogP contribution in [0.15, 0.2) is 42.5 Å². The number of carbonyl (C=O) groups is 1. The highest BCUT2D eigenvalue weighted by Crippen LogP contribution is 2.33. The monoisotopic (exact) mass is 380 g/mol. The molecule has 0 radical (unpaired) electrons. The molecule has 1 amide bonds. The van der Waals surface area contributed by atoms with Crippen LogP contribution in [0, 0.1) is 13.8 Å². The molecule has 28 heavy (non-hydrogen) atoms. The summed E-state index contributed by atoms with van der Waals surface area (Å²) in [6, 6.07) is 13.5. The smallest absolute Gasteiger partial charge is 0.239 e. The van der Waals surface area contributed by atoms with E-state index in [4.69, 9.17) is 10.5 Å². The second-order valence-electron chi connectivity index (χ2n) is 6.68. The number of rotatable bonds is 7. The summed E-state index contributed by atoms with van der Waals surface area (Å²) in [5.74, 6) is 0.331. The molecule has 0 saturated carbocycles. The Balaban J connectivity index is 1.98. The molecule has 3 rings (SSSR count). The molecule has 1 heterocycles. The number of primary amides is 1. The maximum Gasteiger partial charge on any atom is 0.239 e. The fourth-order valence-electron chi connectivity index (χ4n) is 3.34. The number of nitrogens with two attached hydrogens (primary N) is 1. The van der Waals surface area contributed by atoms with Crippen molar-refractivity contribution in [3.05, 3.63) is 65.0 Å². The normalized spacial score (nSPS) is 10.7. The molecular formula is C21H24N4O3. The molecule has 0 spiro atoms. The summed E-state index contributed by atoms with van der Waals surface area (Å²) >= 11 is 0. The van der Waals surface area contributed by atoms with Gasteiger partial charge in [0.15, 0.2) is 0 Å². The van der Waals surface area contributed by atoms with Crippen molar-refractivity contribution in [1.29, 1.82) is 0 Å². The van der Waals surface area contributed by atoms with Crippen molar-refractivity contribution in [3.63, 3.8) is 0 Å². The number of nitrogens with one attached hydrogen (secondary N) is 1. The molecule has 0 atom stereocenters. The Labute approximate surface area is 163 Å². The van der Waals surface area contributed by atoms with E-state index in [-0.39, 0.29) is 6.54 Å². The van der Waals surface area contributed by atoms with Gasteiger partial charge in [-0.3, -0.25) is 20.2 Å². The summed E-state index contributed by atoms with van der Waals surface area (Å²) in [5.41, 5.74) is 13.9. The van der Waals surface area contributed by atoms with E-state index >= 15 is 0 Å². The zero-order valence-electron chi connectivity index (χ0n) is 16.2. The Bertz CT molecular complexity index is 1010. The molecule has 146 valence electrons. The molecule has 0 fully saturated rings. The molecule has 7 nitrogen and oxygen atoms in total. The van der Waals surface area contributed by atoms with E-state index in [0.29, 0.717) is 12.1 Å². The zero-order chi connectivity index (χ0) is 20.3. The van der Waals surface area contributed by atoms with Crippen LogP contribution in [0.2, 0.25) is 0 Å². The Morgan fingerprint density at radius 3 is 2.71 bits per heavy atom. The van der Waals surface area contributed by atoms with Crippen LogP contribution < -0.4 is 16.0 Å². The molecule has 7 heteroatoms. The maximum atomic E-state index is 11.2. The third-order valence-electron chi connectivity index (χ3n) is 4.78. The zero-order valence-corrected chi connectivity index (χ0v) is 16.2. The molecule has 0 unspecified atom stereocenters. The van der Waals surface area contributed by atoms with Gasteiger partial charge in [0, 0.05) is 23.2 Å². The molecule has 0 aliphatic rings. The highest BCUT2D eigenvalue weighted by Gasteiger charge is 2.15. The van der Waals surface area contributed by atoms with Crippen molar-refractivity contribution in [1.82, 2.24) is 9.78 Å². The van der Waals surface area contributed by atoms with Crippen LogP contribution in [0.1, 0.15) is 22.5 Å². The third-order valence-corrected chi connectivity index (χ3v) is 4.78. The van der Waals surface area contributed by atoms with Crippen LogP contribution in [-0.2, 0) is 17.8 Å². The lowest BCUT2D eigenvalue weighted by Crippen LogP contribution is -2.20. The Kier molecular flexibility index (Phi) is 5.65. The Morgan fingerprint density at radius 2 is 2.04 bits per heavy atom. The first-order valence-corrected chi connectivity index (χ1v) is 8.91. The number of anilines is 1. The van der Waals surface area contributed by atoms with Crippen LogP contribution in [0.5, 0.6) is 5.75 Å². The number of aryl methyl sites for hydroxylation is 1. The van der Waals surface area contributed by atoms with Gasteiger partial charge >= 0.3 is 0 Å². The molecule has 0 aliphatic heterocycles. The molecule has 3 aromatic rings. The molecule has 1 aromatic heterocycles. The Morgan fingerprint density at radius 1 is 1.25 bits per heavy atom. The van der Waals surface area contributed by atoms with Gasteiger partial charge in [-0.2, -0.15) is 5.10 Å². The number of hydrogen-bond donors (Lipinski definition) is 3. The highest BCUT2D eigenvalue weighted by molar-refractivity contribution is 5.74. The number of ether oxygens (including phenoxy) is 1. The van der Waals surface area contributed by atoms with Gasteiger partial charge in [-0.15, -0.1) is 0 Å². The number of carbonyl (C=O) groups excluding carboxylic acids is 1. The highest BCUT2D eigenvalue weighted by atomic mass is 16.5. The second kappa shape index (κ2) is 8.14. The van der Waals surface area contributed by atoms with Crippen LogP contribution >= 0.6 is 0 Å². The predicted molar refractivity (Wildman–Crippen MR) is 108 cm³/mol. The number of amides is 1. The van der Waals surface area contributed by atoms with Gasteiger partial charge < -0.3 is 10.5 Å². The van der Waals surface area contributed by atoms with Crippen molar-refractivity contribution in [2.75, 3.05) is 12.6 Å². The SMILES string of the molecule is COc1ccc(Cc2c(C)nn(CC(N)=O)c2C)cc1-c1cccc(NO)c1. The largest absolute Gasteiger partial charge is 0.496 e. The molecule has 0 saturated heterocycles. The maximum absolute atomic E-state index is 11.2. The average molecular weight is 380 g/mol. The third kappa shape index (κ3) is 3.99. The van der Waals surface area contributed by atoms with E-state index in [9.17, 15) is 10.0 Å². The standard InChI is InChI=1S/C21H24N4O3/c1-13-18(14(2)25(23-13)12-21(22)26)9-15-7-8-20(28-3)19(10-15)16-5-4-6-17(11-16)24-27/h4-8,10-11,24,27H,9,12H2,1-3H3,(H2,22,26). The number of nitrogens with zero attached hydrogens (tertiary/aromatic N) is 2. The Hall–Kier alpha value is -3.32. The van der Waals surface area contributed by atoms with Crippen molar-refractivity contribution < 1.29 is 14.7 Å². The van der Waals surface area contributed by atoms with Crippen molar-refractivity contribution >= 4 is 11.6 Å². The van der Waals surface area contributed by atoms with E-state index < -0.39 is 5.91 Å². The summed E-state index contributed by atoms with van der Waals surface area (Å²) in [6.07, 6.45) is 0.672. The van der Waals surface area contributed by atoms with Gasteiger partial charge in [0.25, 0.3) is 0 Å². The van der Waals surface area contributed by atoms with Crippen LogP contribution in [-0.4, -0.2) is 28.0 Å². The number of benzene rings is 2. The number of aromatic nitrogens is 2. The van der Waals surface area contributed by atoms with E-state index in [1.165, 1.54) is 0 Å². The molecular weight excluding hydrogens is 356 g/mol. The fraction of sp³-hybridized carbons (Fsp3) is 0.238. The van der Waals surface area contributed by atoms with Crippen molar-refractivity contribution in [2.45, 2.75) is 26.8 Å². The van der Waals surface area contributed by atoms with Crippen molar-refractivity contribution in [3.8, 4) is 16.9 Å². The van der Waals surface area contributed by atoms with E-state index in [1.807, 2.05) is 44.2 Å². The minimum atomic E-state index is -0.416. The number of hydrogen-bond acceptors (Lipinski definition) is 5. The molecule has 2 aromatic carbocycles. The van der Waals surface area contributed by atoms with Crippen LogP contribution in [0.3, 0.4) is 0 Å². The molecule has 0 aliphatic carbocycles. The first-order valence-electron chi connectivity index (χ1n) is 8.91. The second-order valence-corrected chi connectivity index (χ2v) is 6.68.